The number of unbranched alkanes of at least 4 members (excludes halogenated alkanes) is 1. The molecule has 6 nitrogen and oxygen atoms in total. The van der Waals surface area contributed by atoms with Crippen LogP contribution in [0.25, 0.3) is 0 Å². The molecular weight excluding hydrogens is 255 g/mol. The Morgan fingerprint density at radius 3 is 2.65 bits per heavy atom. The summed E-state index contributed by atoms with van der Waals surface area (Å²) in [5, 5.41) is 0. The molecule has 0 amide bonds. The van der Waals surface area contributed by atoms with Crippen molar-refractivity contribution in [2.75, 3.05) is 11.3 Å². The van der Waals surface area contributed by atoms with Crippen LogP contribution in [0.5, 0.6) is 5.88 Å². The molecule has 0 spiro atoms. The van der Waals surface area contributed by atoms with Gasteiger partial charge in [-0.25, -0.2) is 13.4 Å². The van der Waals surface area contributed by atoms with Crippen molar-refractivity contribution in [2.24, 2.45) is 0 Å². The molecule has 0 saturated heterocycles. The van der Waals surface area contributed by atoms with Gasteiger partial charge >= 0.3 is 29.6 Å². The zero-order valence-electron chi connectivity index (χ0n) is 9.84. The molecule has 1 aromatic heterocycles. The van der Waals surface area contributed by atoms with Crippen LogP contribution in [0.4, 0.5) is 5.69 Å². The summed E-state index contributed by atoms with van der Waals surface area (Å²) in [5.41, 5.74) is 0.123. The number of rotatable bonds is 6. The van der Waals surface area contributed by atoms with E-state index in [1.165, 1.54) is 18.3 Å². The van der Waals surface area contributed by atoms with Crippen molar-refractivity contribution in [2.45, 2.75) is 19.8 Å². The summed E-state index contributed by atoms with van der Waals surface area (Å²) in [6.45, 7) is 2.61. The number of hydrogen-bond donors (Lipinski definition) is 1. The van der Waals surface area contributed by atoms with Gasteiger partial charge in [0, 0.05) is 6.07 Å². The van der Waals surface area contributed by atoms with E-state index in [-0.39, 0.29) is 35.2 Å². The normalized spacial score (nSPS) is 10.5. The van der Waals surface area contributed by atoms with Crippen molar-refractivity contribution in [3.63, 3.8) is 0 Å². The number of aromatic nitrogens is 1. The van der Waals surface area contributed by atoms with Crippen LogP contribution < -0.4 is 39.0 Å². The fourth-order valence-corrected chi connectivity index (χ4v) is 1.40. The van der Waals surface area contributed by atoms with E-state index in [2.05, 4.69) is 4.98 Å². The topological polar surface area (TPSA) is 91.3 Å². The van der Waals surface area contributed by atoms with Gasteiger partial charge in [-0.1, -0.05) is 13.3 Å². The molecule has 0 atom stereocenters. The molecule has 0 fully saturated rings. The van der Waals surface area contributed by atoms with Crippen LogP contribution in [0, 0.1) is 0 Å². The second-order valence-corrected chi connectivity index (χ2v) is 4.26. The van der Waals surface area contributed by atoms with Gasteiger partial charge in [-0.3, -0.25) is 4.72 Å². The summed E-state index contributed by atoms with van der Waals surface area (Å²) in [7, 11) is -4.49. The minimum absolute atomic E-state index is 0. The number of nitrogens with zero attached hydrogens (tertiary/aromatic N) is 1. The van der Waals surface area contributed by atoms with Crippen LogP contribution in [-0.2, 0) is 10.3 Å². The standard InChI is InChI=1S/C9H14N2O4S.Na/c1-2-3-6-15-9-5-4-8(7-10-9)11-16(12,13)14;/h4-5,7,11H,2-3,6H2,1H3,(H,12,13,14);/q;+1/p-1. The van der Waals surface area contributed by atoms with E-state index < -0.39 is 10.3 Å². The molecule has 0 radical (unpaired) electrons. The predicted octanol–water partition coefficient (Wildman–Crippen LogP) is -1.86. The van der Waals surface area contributed by atoms with Gasteiger partial charge in [-0.2, -0.15) is 0 Å². The van der Waals surface area contributed by atoms with Crippen LogP contribution in [0.2, 0.25) is 0 Å². The SMILES string of the molecule is CCCCOc1ccc(NS(=O)(=O)[O-])cn1.[Na+]. The van der Waals surface area contributed by atoms with Gasteiger partial charge in [-0.15, -0.1) is 0 Å². The Hall–Kier alpha value is -0.340. The molecule has 0 aliphatic carbocycles. The number of nitrogens with one attached hydrogen (secondary N) is 1. The number of hydrogen-bond acceptors (Lipinski definition) is 5. The van der Waals surface area contributed by atoms with E-state index in [0.29, 0.717) is 12.5 Å². The monoisotopic (exact) mass is 268 g/mol. The average Bonchev–Trinajstić information content (AvgIpc) is 2.19. The van der Waals surface area contributed by atoms with Gasteiger partial charge in [0.1, 0.15) is 0 Å². The van der Waals surface area contributed by atoms with Crippen LogP contribution >= 0.6 is 0 Å². The van der Waals surface area contributed by atoms with Crippen LogP contribution in [0.15, 0.2) is 18.3 Å². The molecule has 90 valence electrons. The van der Waals surface area contributed by atoms with Crippen molar-refractivity contribution in [1.29, 1.82) is 0 Å². The number of pyridine rings is 1. The third-order valence-corrected chi connectivity index (χ3v) is 2.21. The summed E-state index contributed by atoms with van der Waals surface area (Å²) in [6.07, 6.45) is 3.18. The first-order valence-electron chi connectivity index (χ1n) is 4.84. The smallest absolute Gasteiger partial charge is 0.731 e. The summed E-state index contributed by atoms with van der Waals surface area (Å²) in [6, 6.07) is 2.92. The van der Waals surface area contributed by atoms with Crippen molar-refractivity contribution in [3.05, 3.63) is 18.3 Å². The quantitative estimate of drug-likeness (QED) is 0.371. The largest absolute Gasteiger partial charge is 1.00 e. The Balaban J connectivity index is 0.00000256. The van der Waals surface area contributed by atoms with Gasteiger partial charge in [0.2, 0.25) is 5.88 Å². The van der Waals surface area contributed by atoms with Crippen LogP contribution in [0.1, 0.15) is 19.8 Å². The zero-order valence-corrected chi connectivity index (χ0v) is 12.7. The van der Waals surface area contributed by atoms with Gasteiger partial charge in [-0.05, 0) is 12.5 Å². The number of anilines is 1. The Bertz CT molecular complexity index is 421. The van der Waals surface area contributed by atoms with Gasteiger partial charge in [0.25, 0.3) is 0 Å². The molecule has 0 unspecified atom stereocenters. The fraction of sp³-hybridized carbons (Fsp3) is 0.444. The molecule has 1 aromatic rings. The zero-order chi connectivity index (χ0) is 12.0. The molecular formula is C9H13N2NaO4S. The minimum atomic E-state index is -4.49. The molecule has 0 saturated carbocycles. The Kier molecular flexibility index (Phi) is 7.73. The Morgan fingerprint density at radius 1 is 1.47 bits per heavy atom. The van der Waals surface area contributed by atoms with Crippen molar-refractivity contribution in [1.82, 2.24) is 4.98 Å². The van der Waals surface area contributed by atoms with E-state index in [4.69, 9.17) is 4.74 Å². The third kappa shape index (κ3) is 7.56. The molecule has 1 heterocycles. The van der Waals surface area contributed by atoms with Gasteiger partial charge in [0.05, 0.1) is 18.5 Å². The Labute approximate surface area is 123 Å². The molecule has 0 bridgehead atoms. The van der Waals surface area contributed by atoms with E-state index >= 15 is 0 Å². The fourth-order valence-electron chi connectivity index (χ4n) is 0.991. The maximum absolute atomic E-state index is 10.4. The molecule has 0 aliphatic heterocycles. The maximum Gasteiger partial charge on any atom is 1.00 e. The molecule has 1 rings (SSSR count). The van der Waals surface area contributed by atoms with Crippen LogP contribution in [0.3, 0.4) is 0 Å². The molecule has 8 heteroatoms. The van der Waals surface area contributed by atoms with Gasteiger partial charge < -0.3 is 9.29 Å². The van der Waals surface area contributed by atoms with E-state index in [1.54, 1.807) is 4.72 Å². The minimum Gasteiger partial charge on any atom is -0.731 e. The molecule has 0 aromatic carbocycles. The molecule has 0 aliphatic rings. The first kappa shape index (κ1) is 16.7. The second-order valence-electron chi connectivity index (χ2n) is 3.14. The van der Waals surface area contributed by atoms with Crippen molar-refractivity contribution < 1.29 is 47.3 Å². The Morgan fingerprint density at radius 2 is 2.18 bits per heavy atom. The van der Waals surface area contributed by atoms with E-state index in [9.17, 15) is 13.0 Å². The van der Waals surface area contributed by atoms with E-state index in [1.807, 2.05) is 6.92 Å². The first-order valence-corrected chi connectivity index (χ1v) is 6.24. The average molecular weight is 268 g/mol. The number of ether oxygens (including phenoxy) is 1. The summed E-state index contributed by atoms with van der Waals surface area (Å²) < 4.78 is 38.2. The van der Waals surface area contributed by atoms with Crippen molar-refractivity contribution >= 4 is 16.0 Å². The van der Waals surface area contributed by atoms with E-state index in [0.717, 1.165) is 12.8 Å². The summed E-state index contributed by atoms with van der Waals surface area (Å²) in [4.78, 5) is 3.85. The predicted molar refractivity (Wildman–Crippen MR) is 58.0 cm³/mol. The first-order chi connectivity index (χ1) is 7.51. The van der Waals surface area contributed by atoms with Gasteiger partial charge in [0.15, 0.2) is 10.3 Å². The molecule has 17 heavy (non-hydrogen) atoms. The maximum atomic E-state index is 10.4. The summed E-state index contributed by atoms with van der Waals surface area (Å²) in [5.74, 6) is 0.405. The second kappa shape index (κ2) is 7.88. The third-order valence-electron chi connectivity index (χ3n) is 1.73. The van der Waals surface area contributed by atoms with Crippen molar-refractivity contribution in [3.8, 4) is 5.88 Å². The van der Waals surface area contributed by atoms with Crippen LogP contribution in [-0.4, -0.2) is 24.6 Å². The summed E-state index contributed by atoms with van der Waals surface area (Å²) >= 11 is 0. The molecule has 1 N–H and O–H groups in total.